The van der Waals surface area contributed by atoms with Crippen LogP contribution in [0, 0.1) is 5.41 Å². The maximum Gasteiger partial charge on any atom is 0.242 e. The van der Waals surface area contributed by atoms with Crippen molar-refractivity contribution in [3.63, 3.8) is 0 Å². The zero-order valence-corrected chi connectivity index (χ0v) is 16.0. The third-order valence-electron chi connectivity index (χ3n) is 3.62. The van der Waals surface area contributed by atoms with Crippen LogP contribution in [0.1, 0.15) is 26.3 Å². The zero-order valence-electron chi connectivity index (χ0n) is 14.4. The minimum absolute atomic E-state index is 0.0320. The van der Waals surface area contributed by atoms with Crippen molar-refractivity contribution in [2.75, 3.05) is 19.3 Å². The van der Waals surface area contributed by atoms with Gasteiger partial charge in [-0.15, -0.1) is 0 Å². The van der Waals surface area contributed by atoms with Crippen LogP contribution in [0.2, 0.25) is 0 Å². The molecule has 0 saturated carbocycles. The first-order valence-electron chi connectivity index (χ1n) is 7.63. The van der Waals surface area contributed by atoms with E-state index < -0.39 is 5.41 Å². The Morgan fingerprint density at radius 2 is 2.08 bits per heavy atom. The van der Waals surface area contributed by atoms with Gasteiger partial charge in [-0.05, 0) is 22.4 Å². The summed E-state index contributed by atoms with van der Waals surface area (Å²) in [7, 11) is 1.72. The van der Waals surface area contributed by atoms with E-state index in [2.05, 4.69) is 0 Å². The van der Waals surface area contributed by atoms with Crippen molar-refractivity contribution in [2.45, 2.75) is 27.3 Å². The second-order valence-corrected chi connectivity index (χ2v) is 8.52. The summed E-state index contributed by atoms with van der Waals surface area (Å²) in [4.78, 5) is 39.7. The molecule has 1 aromatic heterocycles. The first-order valence-corrected chi connectivity index (χ1v) is 9.55. The lowest BCUT2D eigenvalue weighted by Gasteiger charge is -2.22. The van der Waals surface area contributed by atoms with Crippen molar-refractivity contribution in [1.82, 2.24) is 9.80 Å². The molecular weight excluding hydrogens is 344 g/mol. The molecule has 0 spiro atoms. The molecule has 7 heteroatoms. The second-order valence-electron chi connectivity index (χ2n) is 6.75. The minimum Gasteiger partial charge on any atom is -0.340 e. The fourth-order valence-electron chi connectivity index (χ4n) is 2.03. The fraction of sp³-hybridized carbons (Fsp3) is 0.471. The van der Waals surface area contributed by atoms with E-state index in [0.29, 0.717) is 11.6 Å². The van der Waals surface area contributed by atoms with Crippen molar-refractivity contribution in [2.24, 2.45) is 5.41 Å². The Morgan fingerprint density at radius 1 is 1.38 bits per heavy atom. The van der Waals surface area contributed by atoms with Gasteiger partial charge in [0.25, 0.3) is 0 Å². The Hall–Kier alpha value is -1.60. The van der Waals surface area contributed by atoms with Gasteiger partial charge in [0, 0.05) is 25.1 Å². The van der Waals surface area contributed by atoms with Crippen LogP contribution < -0.4 is 0 Å². The molecule has 0 unspecified atom stereocenters. The largest absolute Gasteiger partial charge is 0.340 e. The van der Waals surface area contributed by atoms with Gasteiger partial charge in [0.15, 0.2) is 5.78 Å². The van der Waals surface area contributed by atoms with Crippen molar-refractivity contribution in [3.8, 4) is 0 Å². The van der Waals surface area contributed by atoms with Gasteiger partial charge in [-0.3, -0.25) is 19.3 Å². The standard InChI is InChI=1S/C17H22N2O3S2/c1-17(2,3)13(20)7-16-19(15(22)11-24-16)9-14(21)18(4)8-12-5-6-23-10-12/h5-7,10H,8-9,11H2,1-4H3. The van der Waals surface area contributed by atoms with Crippen LogP contribution in [0.4, 0.5) is 0 Å². The van der Waals surface area contributed by atoms with E-state index in [4.69, 9.17) is 0 Å². The van der Waals surface area contributed by atoms with Gasteiger partial charge in [0.05, 0.1) is 10.8 Å². The molecule has 2 amide bonds. The van der Waals surface area contributed by atoms with Crippen LogP contribution in [0.5, 0.6) is 0 Å². The van der Waals surface area contributed by atoms with E-state index >= 15 is 0 Å². The lowest BCUT2D eigenvalue weighted by Crippen LogP contribution is -2.38. The second kappa shape index (κ2) is 7.53. The van der Waals surface area contributed by atoms with E-state index in [-0.39, 0.29) is 29.9 Å². The van der Waals surface area contributed by atoms with Gasteiger partial charge in [-0.2, -0.15) is 11.3 Å². The fourth-order valence-corrected chi connectivity index (χ4v) is 3.63. The van der Waals surface area contributed by atoms with Crippen LogP contribution in [0.25, 0.3) is 0 Å². The molecule has 24 heavy (non-hydrogen) atoms. The number of allylic oxidation sites excluding steroid dienone is 1. The molecule has 1 aliphatic heterocycles. The highest BCUT2D eigenvalue weighted by Gasteiger charge is 2.31. The first-order chi connectivity index (χ1) is 11.2. The van der Waals surface area contributed by atoms with Crippen LogP contribution in [-0.4, -0.2) is 46.7 Å². The smallest absolute Gasteiger partial charge is 0.242 e. The maximum atomic E-state index is 12.4. The molecule has 2 heterocycles. The van der Waals surface area contributed by atoms with Crippen molar-refractivity contribution in [1.29, 1.82) is 0 Å². The van der Waals surface area contributed by atoms with Crippen LogP contribution in [0.15, 0.2) is 27.9 Å². The van der Waals surface area contributed by atoms with Gasteiger partial charge >= 0.3 is 0 Å². The predicted octanol–water partition coefficient (Wildman–Crippen LogP) is 2.74. The summed E-state index contributed by atoms with van der Waals surface area (Å²) >= 11 is 2.89. The molecule has 5 nitrogen and oxygen atoms in total. The molecule has 1 aromatic rings. The Morgan fingerprint density at radius 3 is 2.67 bits per heavy atom. The molecule has 0 aromatic carbocycles. The molecule has 2 rings (SSSR count). The molecule has 1 saturated heterocycles. The SMILES string of the molecule is CN(Cc1ccsc1)C(=O)CN1C(=O)CSC1=CC(=O)C(C)(C)C. The summed E-state index contributed by atoms with van der Waals surface area (Å²) in [6.45, 7) is 5.97. The third-order valence-corrected chi connectivity index (χ3v) is 5.38. The van der Waals surface area contributed by atoms with Crippen molar-refractivity contribution in [3.05, 3.63) is 33.5 Å². The number of hydrogen-bond acceptors (Lipinski definition) is 5. The third kappa shape index (κ3) is 4.70. The lowest BCUT2D eigenvalue weighted by molar-refractivity contribution is -0.136. The summed E-state index contributed by atoms with van der Waals surface area (Å²) in [5.41, 5.74) is 0.557. The van der Waals surface area contributed by atoms with Crippen molar-refractivity contribution < 1.29 is 14.4 Å². The predicted molar refractivity (Wildman–Crippen MR) is 97.5 cm³/mol. The average Bonchev–Trinajstić information content (AvgIpc) is 3.10. The Labute approximate surface area is 150 Å². The van der Waals surface area contributed by atoms with Crippen LogP contribution in [0.3, 0.4) is 0 Å². The number of rotatable bonds is 5. The lowest BCUT2D eigenvalue weighted by atomic mass is 9.91. The quantitative estimate of drug-likeness (QED) is 0.752. The molecule has 0 aliphatic carbocycles. The zero-order chi connectivity index (χ0) is 17.9. The minimum atomic E-state index is -0.509. The maximum absolute atomic E-state index is 12.4. The molecule has 1 fully saturated rings. The molecule has 0 atom stereocenters. The number of nitrogens with zero attached hydrogens (tertiary/aromatic N) is 2. The van der Waals surface area contributed by atoms with E-state index in [9.17, 15) is 14.4 Å². The molecule has 130 valence electrons. The normalized spacial score (nSPS) is 16.8. The van der Waals surface area contributed by atoms with E-state index in [1.54, 1.807) is 23.3 Å². The summed E-state index contributed by atoms with van der Waals surface area (Å²) in [5.74, 6) is -0.0645. The van der Waals surface area contributed by atoms with Gasteiger partial charge in [0.1, 0.15) is 6.54 Å². The molecule has 0 bridgehead atoms. The van der Waals surface area contributed by atoms with E-state index in [1.807, 2.05) is 37.6 Å². The number of likely N-dealkylation sites (N-methyl/N-ethyl adjacent to an activating group) is 1. The van der Waals surface area contributed by atoms with Crippen LogP contribution in [-0.2, 0) is 20.9 Å². The highest BCUT2D eigenvalue weighted by atomic mass is 32.2. The summed E-state index contributed by atoms with van der Waals surface area (Å²) in [6.07, 6.45) is 1.49. The summed E-state index contributed by atoms with van der Waals surface area (Å²) in [6, 6.07) is 1.97. The first kappa shape index (κ1) is 18.7. The number of carbonyl (C=O) groups is 3. The Bertz CT molecular complexity index is 660. The highest BCUT2D eigenvalue weighted by Crippen LogP contribution is 2.30. The van der Waals surface area contributed by atoms with Gasteiger partial charge < -0.3 is 4.90 Å². The number of amides is 2. The molecule has 0 radical (unpaired) electrons. The van der Waals surface area contributed by atoms with Crippen molar-refractivity contribution >= 4 is 40.7 Å². The summed E-state index contributed by atoms with van der Waals surface area (Å²) < 4.78 is 0. The summed E-state index contributed by atoms with van der Waals surface area (Å²) in [5, 5.41) is 4.53. The highest BCUT2D eigenvalue weighted by molar-refractivity contribution is 8.04. The Kier molecular flexibility index (Phi) is 5.87. The molecular formula is C17H22N2O3S2. The van der Waals surface area contributed by atoms with Crippen LogP contribution >= 0.6 is 23.1 Å². The Balaban J connectivity index is 2.05. The number of thioether (sulfide) groups is 1. The molecule has 0 N–H and O–H groups in total. The van der Waals surface area contributed by atoms with E-state index in [1.165, 1.54) is 22.7 Å². The van der Waals surface area contributed by atoms with Gasteiger partial charge in [-0.1, -0.05) is 32.5 Å². The topological polar surface area (TPSA) is 57.7 Å². The van der Waals surface area contributed by atoms with E-state index in [0.717, 1.165) is 5.56 Å². The molecule has 1 aliphatic rings. The number of hydrogen-bond donors (Lipinski definition) is 0. The average molecular weight is 367 g/mol. The number of carbonyl (C=O) groups excluding carboxylic acids is 3. The van der Waals surface area contributed by atoms with Gasteiger partial charge in [0.2, 0.25) is 11.8 Å². The monoisotopic (exact) mass is 366 g/mol. The van der Waals surface area contributed by atoms with Gasteiger partial charge in [-0.25, -0.2) is 0 Å². The number of ketones is 1. The number of thiophene rings is 1.